The molecule has 0 radical (unpaired) electrons. The summed E-state index contributed by atoms with van der Waals surface area (Å²) >= 11 is 0. The second-order valence-corrected chi connectivity index (χ2v) is 7.38. The third-order valence-electron chi connectivity index (χ3n) is 3.88. The van der Waals surface area contributed by atoms with Crippen LogP contribution < -0.4 is 4.72 Å². The zero-order valence-electron chi connectivity index (χ0n) is 11.5. The van der Waals surface area contributed by atoms with Gasteiger partial charge in [-0.25, -0.2) is 13.1 Å². The Morgan fingerprint density at radius 3 is 2.44 bits per heavy atom. The lowest BCUT2D eigenvalue weighted by Gasteiger charge is -2.35. The second kappa shape index (κ2) is 6.53. The van der Waals surface area contributed by atoms with Crippen LogP contribution in [0.2, 0.25) is 0 Å². The first kappa shape index (κ1) is 15.5. The number of rotatable bonds is 5. The molecule has 3 atom stereocenters. The van der Waals surface area contributed by atoms with Gasteiger partial charge in [-0.2, -0.15) is 5.26 Å². The van der Waals surface area contributed by atoms with E-state index in [1.165, 1.54) is 6.42 Å². The van der Waals surface area contributed by atoms with Crippen LogP contribution in [0.15, 0.2) is 0 Å². The first-order chi connectivity index (χ1) is 8.42. The van der Waals surface area contributed by atoms with Crippen molar-refractivity contribution < 1.29 is 8.42 Å². The highest BCUT2D eigenvalue weighted by atomic mass is 32.2. The summed E-state index contributed by atoms with van der Waals surface area (Å²) in [5, 5.41) is 7.97. The summed E-state index contributed by atoms with van der Waals surface area (Å²) in [5.41, 5.74) is 0. The molecule has 0 heterocycles. The Hall–Kier alpha value is -0.600. The molecule has 3 unspecified atom stereocenters. The number of hydrogen-bond donors (Lipinski definition) is 1. The fourth-order valence-corrected chi connectivity index (χ4v) is 4.23. The fourth-order valence-electron chi connectivity index (χ4n) is 2.78. The molecule has 1 N–H and O–H groups in total. The van der Waals surface area contributed by atoms with Gasteiger partial charge in [-0.1, -0.05) is 33.6 Å². The van der Waals surface area contributed by atoms with Crippen molar-refractivity contribution in [3.05, 3.63) is 0 Å². The second-order valence-electron chi connectivity index (χ2n) is 5.49. The Balaban J connectivity index is 2.78. The van der Waals surface area contributed by atoms with Gasteiger partial charge in [0, 0.05) is 6.04 Å². The van der Waals surface area contributed by atoms with E-state index in [1.54, 1.807) is 6.92 Å². The van der Waals surface area contributed by atoms with Gasteiger partial charge in [0.05, 0.1) is 6.07 Å². The summed E-state index contributed by atoms with van der Waals surface area (Å²) < 4.78 is 27.0. The summed E-state index contributed by atoms with van der Waals surface area (Å²) in [6, 6.07) is 1.88. The van der Waals surface area contributed by atoms with E-state index >= 15 is 0 Å². The predicted octanol–water partition coefficient (Wildman–Crippen LogP) is 2.42. The molecular weight excluding hydrogens is 248 g/mol. The summed E-state index contributed by atoms with van der Waals surface area (Å²) in [6.45, 7) is 6.01. The van der Waals surface area contributed by atoms with Gasteiger partial charge in [-0.05, 0) is 31.1 Å². The molecule has 4 nitrogen and oxygen atoms in total. The monoisotopic (exact) mass is 272 g/mol. The molecule has 0 aromatic carbocycles. The number of nitrogens with zero attached hydrogens (tertiary/aromatic N) is 1. The van der Waals surface area contributed by atoms with Crippen LogP contribution in [0.4, 0.5) is 0 Å². The SMILES string of the molecule is CCC(C#N)S(=O)(=O)NC1CCCCC1C(C)C. The molecule has 0 amide bonds. The summed E-state index contributed by atoms with van der Waals surface area (Å²) in [6.07, 6.45) is 4.55. The standard InChI is InChI=1S/C13H24N2O2S/c1-4-11(9-14)18(16,17)15-13-8-6-5-7-12(13)10(2)3/h10-13,15H,4-8H2,1-3H3. The summed E-state index contributed by atoms with van der Waals surface area (Å²) in [4.78, 5) is 0. The Morgan fingerprint density at radius 1 is 1.33 bits per heavy atom. The van der Waals surface area contributed by atoms with Crippen LogP contribution in [-0.2, 0) is 10.0 Å². The smallest absolute Gasteiger partial charge is 0.211 e. The van der Waals surface area contributed by atoms with E-state index in [9.17, 15) is 8.42 Å². The minimum Gasteiger partial charge on any atom is -0.211 e. The van der Waals surface area contributed by atoms with Crippen molar-refractivity contribution >= 4 is 10.0 Å². The van der Waals surface area contributed by atoms with Crippen molar-refractivity contribution in [1.29, 1.82) is 5.26 Å². The lowest BCUT2D eigenvalue weighted by atomic mass is 9.78. The average molecular weight is 272 g/mol. The molecule has 0 spiro atoms. The van der Waals surface area contributed by atoms with Crippen molar-refractivity contribution in [2.75, 3.05) is 0 Å². The van der Waals surface area contributed by atoms with Crippen molar-refractivity contribution in [1.82, 2.24) is 4.72 Å². The number of nitriles is 1. The van der Waals surface area contributed by atoms with E-state index in [0.717, 1.165) is 19.3 Å². The van der Waals surface area contributed by atoms with E-state index in [2.05, 4.69) is 18.6 Å². The Bertz CT molecular complexity index is 398. The van der Waals surface area contributed by atoms with Crippen LogP contribution in [0.25, 0.3) is 0 Å². The zero-order valence-corrected chi connectivity index (χ0v) is 12.3. The number of hydrogen-bond acceptors (Lipinski definition) is 3. The van der Waals surface area contributed by atoms with Crippen molar-refractivity contribution in [2.24, 2.45) is 11.8 Å². The maximum absolute atomic E-state index is 12.1. The molecule has 0 saturated heterocycles. The number of sulfonamides is 1. The van der Waals surface area contributed by atoms with Crippen molar-refractivity contribution in [2.45, 2.75) is 64.2 Å². The molecule has 104 valence electrons. The van der Waals surface area contributed by atoms with Crippen molar-refractivity contribution in [3.63, 3.8) is 0 Å². The molecule has 0 aromatic heterocycles. The maximum atomic E-state index is 12.1. The van der Waals surface area contributed by atoms with E-state index in [-0.39, 0.29) is 6.04 Å². The average Bonchev–Trinajstić information content (AvgIpc) is 2.29. The molecule has 0 aromatic rings. The normalized spacial score (nSPS) is 26.8. The van der Waals surface area contributed by atoms with Gasteiger partial charge in [0.2, 0.25) is 10.0 Å². The van der Waals surface area contributed by atoms with Gasteiger partial charge in [0.25, 0.3) is 0 Å². The van der Waals surface area contributed by atoms with Gasteiger partial charge in [-0.15, -0.1) is 0 Å². The van der Waals surface area contributed by atoms with Crippen LogP contribution in [0.5, 0.6) is 0 Å². The van der Waals surface area contributed by atoms with E-state index in [1.807, 2.05) is 6.07 Å². The Labute approximate surface area is 111 Å². The first-order valence-corrected chi connectivity index (χ1v) is 8.37. The van der Waals surface area contributed by atoms with Gasteiger partial charge in [0.15, 0.2) is 5.25 Å². The molecule has 1 saturated carbocycles. The predicted molar refractivity (Wildman–Crippen MR) is 72.3 cm³/mol. The van der Waals surface area contributed by atoms with E-state index in [0.29, 0.717) is 18.3 Å². The maximum Gasteiger partial charge on any atom is 0.228 e. The topological polar surface area (TPSA) is 70.0 Å². The highest BCUT2D eigenvalue weighted by Crippen LogP contribution is 2.30. The van der Waals surface area contributed by atoms with E-state index in [4.69, 9.17) is 5.26 Å². The zero-order chi connectivity index (χ0) is 13.8. The van der Waals surface area contributed by atoms with Crippen LogP contribution in [-0.4, -0.2) is 19.7 Å². The molecule has 1 rings (SSSR count). The molecular formula is C13H24N2O2S. The van der Waals surface area contributed by atoms with Crippen LogP contribution in [0.3, 0.4) is 0 Å². The summed E-state index contributed by atoms with van der Waals surface area (Å²) in [5.74, 6) is 0.866. The third kappa shape index (κ3) is 3.69. The van der Waals surface area contributed by atoms with Crippen molar-refractivity contribution in [3.8, 4) is 6.07 Å². The highest BCUT2D eigenvalue weighted by Gasteiger charge is 2.33. The summed E-state index contributed by atoms with van der Waals surface area (Å²) in [7, 11) is -3.50. The quantitative estimate of drug-likeness (QED) is 0.835. The van der Waals surface area contributed by atoms with Crippen LogP contribution >= 0.6 is 0 Å². The molecule has 0 aliphatic heterocycles. The third-order valence-corrected chi connectivity index (χ3v) is 5.70. The van der Waals surface area contributed by atoms with Crippen LogP contribution in [0, 0.1) is 23.2 Å². The van der Waals surface area contributed by atoms with Gasteiger partial charge in [-0.3, -0.25) is 0 Å². The lowest BCUT2D eigenvalue weighted by molar-refractivity contribution is 0.226. The fraction of sp³-hybridized carbons (Fsp3) is 0.923. The molecule has 0 bridgehead atoms. The Morgan fingerprint density at radius 2 is 1.94 bits per heavy atom. The highest BCUT2D eigenvalue weighted by molar-refractivity contribution is 7.90. The molecule has 5 heteroatoms. The molecule has 1 aliphatic carbocycles. The van der Waals surface area contributed by atoms with E-state index < -0.39 is 15.3 Å². The van der Waals surface area contributed by atoms with Crippen LogP contribution in [0.1, 0.15) is 52.9 Å². The van der Waals surface area contributed by atoms with Gasteiger partial charge in [0.1, 0.15) is 0 Å². The molecule has 18 heavy (non-hydrogen) atoms. The first-order valence-electron chi connectivity index (χ1n) is 6.83. The van der Waals surface area contributed by atoms with Gasteiger partial charge >= 0.3 is 0 Å². The minimum absolute atomic E-state index is 0.00569. The molecule has 1 fully saturated rings. The number of nitrogens with one attached hydrogen (secondary N) is 1. The molecule has 1 aliphatic rings. The largest absolute Gasteiger partial charge is 0.228 e. The Kier molecular flexibility index (Phi) is 5.61. The lowest BCUT2D eigenvalue weighted by Crippen LogP contribution is -2.46. The van der Waals surface area contributed by atoms with Gasteiger partial charge < -0.3 is 0 Å². The minimum atomic E-state index is -3.50.